The summed E-state index contributed by atoms with van der Waals surface area (Å²) >= 11 is 0. The molecule has 0 aromatic heterocycles. The Hall–Kier alpha value is -0.370. The van der Waals surface area contributed by atoms with Crippen molar-refractivity contribution in [1.82, 2.24) is 5.32 Å². The van der Waals surface area contributed by atoms with Gasteiger partial charge < -0.3 is 5.32 Å². The number of ketones is 1. The van der Waals surface area contributed by atoms with Crippen molar-refractivity contribution in [2.75, 3.05) is 6.54 Å². The molecule has 1 saturated carbocycles. The second-order valence-electron chi connectivity index (χ2n) is 4.77. The van der Waals surface area contributed by atoms with Gasteiger partial charge in [-0.05, 0) is 38.6 Å². The van der Waals surface area contributed by atoms with Gasteiger partial charge in [0.15, 0.2) is 5.78 Å². The monoisotopic (exact) mass is 181 g/mol. The van der Waals surface area contributed by atoms with Crippen LogP contribution in [0.5, 0.6) is 0 Å². The number of nitrogens with one attached hydrogen (secondary N) is 1. The van der Waals surface area contributed by atoms with Gasteiger partial charge in [0.25, 0.3) is 0 Å². The zero-order chi connectivity index (χ0) is 9.31. The summed E-state index contributed by atoms with van der Waals surface area (Å²) in [6.07, 6.45) is 6.85. The SMILES string of the molecule is CC1(C(=O)CCC2CC2)CCCN1. The van der Waals surface area contributed by atoms with E-state index in [2.05, 4.69) is 12.2 Å². The molecule has 1 saturated heterocycles. The van der Waals surface area contributed by atoms with Gasteiger partial charge in [0.05, 0.1) is 5.54 Å². The normalized spacial score (nSPS) is 33.6. The fourth-order valence-electron chi connectivity index (χ4n) is 2.15. The Morgan fingerprint density at radius 2 is 2.31 bits per heavy atom. The van der Waals surface area contributed by atoms with E-state index in [1.165, 1.54) is 12.8 Å². The maximum Gasteiger partial charge on any atom is 0.152 e. The highest BCUT2D eigenvalue weighted by Gasteiger charge is 2.35. The van der Waals surface area contributed by atoms with Crippen molar-refractivity contribution in [3.8, 4) is 0 Å². The third-order valence-electron chi connectivity index (χ3n) is 3.46. The average Bonchev–Trinajstić information content (AvgIpc) is 2.84. The Kier molecular flexibility index (Phi) is 2.41. The van der Waals surface area contributed by atoms with Gasteiger partial charge >= 0.3 is 0 Å². The summed E-state index contributed by atoms with van der Waals surface area (Å²) in [7, 11) is 0. The fraction of sp³-hybridized carbons (Fsp3) is 0.909. The van der Waals surface area contributed by atoms with E-state index in [0.29, 0.717) is 5.78 Å². The third kappa shape index (κ3) is 2.11. The summed E-state index contributed by atoms with van der Waals surface area (Å²) in [4.78, 5) is 11.8. The first-order chi connectivity index (χ1) is 6.21. The molecule has 0 bridgehead atoms. The van der Waals surface area contributed by atoms with E-state index in [-0.39, 0.29) is 5.54 Å². The summed E-state index contributed by atoms with van der Waals surface area (Å²) in [6, 6.07) is 0. The van der Waals surface area contributed by atoms with E-state index < -0.39 is 0 Å². The molecular weight excluding hydrogens is 162 g/mol. The molecule has 0 amide bonds. The summed E-state index contributed by atoms with van der Waals surface area (Å²) < 4.78 is 0. The van der Waals surface area contributed by atoms with Crippen molar-refractivity contribution in [3.05, 3.63) is 0 Å². The predicted octanol–water partition coefficient (Wildman–Crippen LogP) is 1.89. The van der Waals surface area contributed by atoms with Crippen molar-refractivity contribution < 1.29 is 4.79 Å². The molecular formula is C11H19NO. The number of carbonyl (C=O) groups is 1. The van der Waals surface area contributed by atoms with Crippen molar-refractivity contribution in [3.63, 3.8) is 0 Å². The molecule has 74 valence electrons. The molecule has 0 radical (unpaired) electrons. The average molecular weight is 181 g/mol. The van der Waals surface area contributed by atoms with E-state index in [0.717, 1.165) is 38.1 Å². The number of hydrogen-bond acceptors (Lipinski definition) is 2. The highest BCUT2D eigenvalue weighted by Crippen LogP contribution is 2.34. The van der Waals surface area contributed by atoms with Crippen LogP contribution in [0.1, 0.15) is 45.4 Å². The van der Waals surface area contributed by atoms with Crippen LogP contribution >= 0.6 is 0 Å². The molecule has 13 heavy (non-hydrogen) atoms. The van der Waals surface area contributed by atoms with Crippen molar-refractivity contribution in [1.29, 1.82) is 0 Å². The van der Waals surface area contributed by atoms with Crippen LogP contribution < -0.4 is 5.32 Å². The van der Waals surface area contributed by atoms with Gasteiger partial charge in [0.2, 0.25) is 0 Å². The van der Waals surface area contributed by atoms with Gasteiger partial charge in [-0.25, -0.2) is 0 Å². The smallest absolute Gasteiger partial charge is 0.152 e. The van der Waals surface area contributed by atoms with Crippen LogP contribution in [0.3, 0.4) is 0 Å². The van der Waals surface area contributed by atoms with Gasteiger partial charge in [0.1, 0.15) is 0 Å². The molecule has 1 unspecified atom stereocenters. The molecule has 2 nitrogen and oxygen atoms in total. The number of hydrogen-bond donors (Lipinski definition) is 1. The summed E-state index contributed by atoms with van der Waals surface area (Å²) in [5.74, 6) is 1.32. The van der Waals surface area contributed by atoms with Crippen LogP contribution in [0.15, 0.2) is 0 Å². The first kappa shape index (κ1) is 9.20. The van der Waals surface area contributed by atoms with Crippen LogP contribution in [0, 0.1) is 5.92 Å². The zero-order valence-corrected chi connectivity index (χ0v) is 8.44. The lowest BCUT2D eigenvalue weighted by molar-refractivity contribution is -0.124. The highest BCUT2D eigenvalue weighted by atomic mass is 16.1. The van der Waals surface area contributed by atoms with E-state index in [1.807, 2.05) is 0 Å². The van der Waals surface area contributed by atoms with Crippen LogP contribution in [-0.2, 0) is 4.79 Å². The van der Waals surface area contributed by atoms with E-state index in [1.54, 1.807) is 0 Å². The first-order valence-electron chi connectivity index (χ1n) is 5.49. The van der Waals surface area contributed by atoms with Crippen molar-refractivity contribution in [2.24, 2.45) is 5.92 Å². The Labute approximate surface area is 80.1 Å². The minimum Gasteiger partial charge on any atom is -0.305 e. The summed E-state index contributed by atoms with van der Waals surface area (Å²) in [6.45, 7) is 3.08. The highest BCUT2D eigenvalue weighted by molar-refractivity contribution is 5.88. The van der Waals surface area contributed by atoms with E-state index in [4.69, 9.17) is 0 Å². The quantitative estimate of drug-likeness (QED) is 0.717. The van der Waals surface area contributed by atoms with Gasteiger partial charge in [-0.15, -0.1) is 0 Å². The molecule has 0 aromatic carbocycles. The molecule has 2 heteroatoms. The Balaban J connectivity index is 1.80. The van der Waals surface area contributed by atoms with Crippen LogP contribution in [0.2, 0.25) is 0 Å². The Morgan fingerprint density at radius 1 is 1.54 bits per heavy atom. The van der Waals surface area contributed by atoms with Crippen LogP contribution in [0.4, 0.5) is 0 Å². The van der Waals surface area contributed by atoms with Gasteiger partial charge in [-0.3, -0.25) is 4.79 Å². The lowest BCUT2D eigenvalue weighted by Crippen LogP contribution is -2.44. The van der Waals surface area contributed by atoms with Crippen molar-refractivity contribution in [2.45, 2.75) is 51.0 Å². The Morgan fingerprint density at radius 3 is 2.85 bits per heavy atom. The number of carbonyl (C=O) groups excluding carboxylic acids is 1. The molecule has 2 rings (SSSR count). The maximum atomic E-state index is 11.8. The molecule has 2 fully saturated rings. The molecule has 1 atom stereocenters. The number of Topliss-reactive ketones (excluding diaryl/α,β-unsaturated/α-hetero) is 1. The largest absolute Gasteiger partial charge is 0.305 e. The van der Waals surface area contributed by atoms with Gasteiger partial charge in [-0.1, -0.05) is 12.8 Å². The summed E-state index contributed by atoms with van der Waals surface area (Å²) in [5.41, 5.74) is -0.172. The second kappa shape index (κ2) is 3.41. The predicted molar refractivity (Wildman–Crippen MR) is 52.6 cm³/mol. The molecule has 0 spiro atoms. The Bertz CT molecular complexity index is 202. The zero-order valence-electron chi connectivity index (χ0n) is 8.44. The first-order valence-corrected chi connectivity index (χ1v) is 5.49. The lowest BCUT2D eigenvalue weighted by Gasteiger charge is -2.22. The van der Waals surface area contributed by atoms with E-state index >= 15 is 0 Å². The molecule has 1 aliphatic carbocycles. The van der Waals surface area contributed by atoms with E-state index in [9.17, 15) is 4.79 Å². The second-order valence-corrected chi connectivity index (χ2v) is 4.77. The van der Waals surface area contributed by atoms with Crippen LogP contribution in [0.25, 0.3) is 0 Å². The van der Waals surface area contributed by atoms with Gasteiger partial charge in [0, 0.05) is 6.42 Å². The minimum absolute atomic E-state index is 0.172. The number of rotatable bonds is 4. The standard InChI is InChI=1S/C11H19NO/c1-11(7-2-8-12-11)10(13)6-5-9-3-4-9/h9,12H,2-8H2,1H3. The third-order valence-corrected chi connectivity index (χ3v) is 3.46. The molecule has 1 N–H and O–H groups in total. The molecule has 2 aliphatic rings. The fourth-order valence-corrected chi connectivity index (χ4v) is 2.15. The van der Waals surface area contributed by atoms with Crippen molar-refractivity contribution >= 4 is 5.78 Å². The molecule has 1 heterocycles. The topological polar surface area (TPSA) is 29.1 Å². The minimum atomic E-state index is -0.172. The lowest BCUT2D eigenvalue weighted by atomic mass is 9.91. The van der Waals surface area contributed by atoms with Gasteiger partial charge in [-0.2, -0.15) is 0 Å². The molecule has 1 aliphatic heterocycles. The molecule has 0 aromatic rings. The summed E-state index contributed by atoms with van der Waals surface area (Å²) in [5, 5.41) is 3.33. The van der Waals surface area contributed by atoms with Crippen LogP contribution in [-0.4, -0.2) is 17.9 Å². The maximum absolute atomic E-state index is 11.8.